The zero-order chi connectivity index (χ0) is 21.6. The van der Waals surface area contributed by atoms with Crippen LogP contribution in [0.5, 0.6) is 0 Å². The van der Waals surface area contributed by atoms with Crippen molar-refractivity contribution < 1.29 is 23.7 Å². The Morgan fingerprint density at radius 3 is 2.55 bits per heavy atom. The molecule has 6 atom stereocenters. The monoisotopic (exact) mass is 424 g/mol. The van der Waals surface area contributed by atoms with Crippen molar-refractivity contribution in [2.75, 3.05) is 6.61 Å². The number of benzene rings is 2. The smallest absolute Gasteiger partial charge is 0.217 e. The summed E-state index contributed by atoms with van der Waals surface area (Å²) in [6.07, 6.45) is -3.21. The van der Waals surface area contributed by atoms with Crippen molar-refractivity contribution in [1.29, 1.82) is 0 Å². The van der Waals surface area contributed by atoms with Gasteiger partial charge in [-0.15, -0.1) is 0 Å². The van der Waals surface area contributed by atoms with E-state index in [1.165, 1.54) is 6.92 Å². The van der Waals surface area contributed by atoms with Crippen molar-refractivity contribution in [3.63, 3.8) is 0 Å². The predicted octanol–water partition coefficient (Wildman–Crippen LogP) is 3.23. The highest BCUT2D eigenvalue weighted by molar-refractivity contribution is 5.73. The Bertz CT molecular complexity index is 922. The minimum atomic E-state index is -0.948. The first kappa shape index (κ1) is 21.3. The van der Waals surface area contributed by atoms with Crippen LogP contribution in [-0.2, 0) is 30.3 Å². The molecule has 4 unspecified atom stereocenters. The van der Waals surface area contributed by atoms with Gasteiger partial charge in [-0.2, -0.15) is 0 Å². The summed E-state index contributed by atoms with van der Waals surface area (Å²) in [6.45, 7) is 1.93. The molecule has 2 aromatic rings. The molecule has 1 N–H and O–H groups in total. The minimum absolute atomic E-state index is 0.236. The van der Waals surface area contributed by atoms with E-state index >= 15 is 0 Å². The SMILES string of the molecule is CC(=O)NC1C(N=[N+]=[N-])O[C@H]2COC(c3ccccc3)O[C@@H]2C1OCc1ccccc1. The number of rotatable bonds is 6. The van der Waals surface area contributed by atoms with Gasteiger partial charge in [-0.3, -0.25) is 4.79 Å². The van der Waals surface area contributed by atoms with Gasteiger partial charge < -0.3 is 24.3 Å². The summed E-state index contributed by atoms with van der Waals surface area (Å²) < 4.78 is 24.3. The van der Waals surface area contributed by atoms with E-state index in [9.17, 15) is 4.79 Å². The number of carbonyl (C=O) groups excluding carboxylic acids is 1. The van der Waals surface area contributed by atoms with Crippen LogP contribution in [0.25, 0.3) is 10.4 Å². The van der Waals surface area contributed by atoms with Crippen molar-refractivity contribution in [1.82, 2.24) is 5.32 Å². The third-order valence-electron chi connectivity index (χ3n) is 5.25. The molecule has 4 rings (SSSR count). The van der Waals surface area contributed by atoms with Gasteiger partial charge in [0.1, 0.15) is 18.3 Å². The topological polar surface area (TPSA) is 115 Å². The Labute approximate surface area is 179 Å². The van der Waals surface area contributed by atoms with E-state index in [0.717, 1.165) is 11.1 Å². The Morgan fingerprint density at radius 1 is 1.16 bits per heavy atom. The number of nitrogens with one attached hydrogen (secondary N) is 1. The van der Waals surface area contributed by atoms with Gasteiger partial charge >= 0.3 is 0 Å². The normalized spacial score (nSPS) is 30.0. The highest BCUT2D eigenvalue weighted by Gasteiger charge is 2.50. The molecule has 0 saturated carbocycles. The van der Waals surface area contributed by atoms with Crippen molar-refractivity contribution in [3.8, 4) is 0 Å². The fourth-order valence-corrected chi connectivity index (χ4v) is 3.87. The van der Waals surface area contributed by atoms with Gasteiger partial charge in [0.25, 0.3) is 0 Å². The predicted molar refractivity (Wildman–Crippen MR) is 110 cm³/mol. The summed E-state index contributed by atoms with van der Waals surface area (Å²) in [5, 5.41) is 6.56. The van der Waals surface area contributed by atoms with Crippen LogP contribution in [0.3, 0.4) is 0 Å². The maximum absolute atomic E-state index is 11.9. The average Bonchev–Trinajstić information content (AvgIpc) is 2.79. The third-order valence-corrected chi connectivity index (χ3v) is 5.25. The zero-order valence-electron chi connectivity index (χ0n) is 17.0. The Balaban J connectivity index is 1.61. The van der Waals surface area contributed by atoms with Crippen LogP contribution in [0.1, 0.15) is 24.3 Å². The first-order valence-electron chi connectivity index (χ1n) is 10.1. The Hall–Kier alpha value is -2.94. The number of hydrogen-bond donors (Lipinski definition) is 1. The van der Waals surface area contributed by atoms with Crippen LogP contribution >= 0.6 is 0 Å². The Morgan fingerprint density at radius 2 is 1.87 bits per heavy atom. The number of fused-ring (bicyclic) bond motifs is 1. The molecule has 9 nitrogen and oxygen atoms in total. The molecule has 2 aliphatic rings. The minimum Gasteiger partial charge on any atom is -0.368 e. The largest absolute Gasteiger partial charge is 0.368 e. The van der Waals surface area contributed by atoms with Gasteiger partial charge in [0.15, 0.2) is 12.5 Å². The molecule has 2 aliphatic heterocycles. The first-order valence-corrected chi connectivity index (χ1v) is 10.1. The molecule has 2 saturated heterocycles. The molecule has 9 heteroatoms. The average molecular weight is 424 g/mol. The van der Waals surface area contributed by atoms with Gasteiger partial charge in [0.05, 0.1) is 19.3 Å². The van der Waals surface area contributed by atoms with E-state index in [0.29, 0.717) is 6.61 Å². The molecule has 2 heterocycles. The second-order valence-corrected chi connectivity index (χ2v) is 7.43. The van der Waals surface area contributed by atoms with Crippen molar-refractivity contribution in [2.45, 2.75) is 50.4 Å². The summed E-state index contributed by atoms with van der Waals surface area (Å²) in [5.41, 5.74) is 10.9. The quantitative estimate of drug-likeness (QED) is 0.434. The molecule has 1 amide bonds. The molecule has 2 aromatic carbocycles. The van der Waals surface area contributed by atoms with E-state index in [4.69, 9.17) is 24.5 Å². The summed E-state index contributed by atoms with van der Waals surface area (Å²) in [6, 6.07) is 18.5. The van der Waals surface area contributed by atoms with E-state index < -0.39 is 36.9 Å². The van der Waals surface area contributed by atoms with Crippen molar-refractivity contribution in [3.05, 3.63) is 82.2 Å². The lowest BCUT2D eigenvalue weighted by Crippen LogP contribution is -2.66. The van der Waals surface area contributed by atoms with Crippen LogP contribution in [0, 0.1) is 0 Å². The van der Waals surface area contributed by atoms with Crippen LogP contribution in [0.15, 0.2) is 65.8 Å². The second-order valence-electron chi connectivity index (χ2n) is 7.43. The molecular formula is C22H24N4O5. The van der Waals surface area contributed by atoms with Crippen LogP contribution in [0.2, 0.25) is 0 Å². The van der Waals surface area contributed by atoms with Gasteiger partial charge in [-0.05, 0) is 11.1 Å². The lowest BCUT2D eigenvalue weighted by molar-refractivity contribution is -0.320. The number of carbonyl (C=O) groups is 1. The zero-order valence-corrected chi connectivity index (χ0v) is 17.0. The molecule has 0 bridgehead atoms. The second kappa shape index (κ2) is 9.91. The van der Waals surface area contributed by atoms with Crippen LogP contribution < -0.4 is 5.32 Å². The van der Waals surface area contributed by atoms with Gasteiger partial charge in [-0.1, -0.05) is 65.8 Å². The maximum Gasteiger partial charge on any atom is 0.217 e. The van der Waals surface area contributed by atoms with E-state index in [-0.39, 0.29) is 12.5 Å². The fraction of sp³-hybridized carbons (Fsp3) is 0.409. The van der Waals surface area contributed by atoms with Crippen molar-refractivity contribution >= 4 is 5.91 Å². The van der Waals surface area contributed by atoms with E-state index in [2.05, 4.69) is 15.3 Å². The first-order chi connectivity index (χ1) is 15.2. The lowest BCUT2D eigenvalue weighted by atomic mass is 9.94. The molecule has 162 valence electrons. The van der Waals surface area contributed by atoms with Crippen molar-refractivity contribution in [2.24, 2.45) is 5.11 Å². The third kappa shape index (κ3) is 5.04. The summed E-state index contributed by atoms with van der Waals surface area (Å²) in [7, 11) is 0. The number of azide groups is 1. The van der Waals surface area contributed by atoms with Crippen LogP contribution in [0.4, 0.5) is 0 Å². The summed E-state index contributed by atoms with van der Waals surface area (Å²) in [5.74, 6) is -0.287. The highest BCUT2D eigenvalue weighted by Crippen LogP contribution is 2.36. The molecule has 0 spiro atoms. The number of amides is 1. The Kier molecular flexibility index (Phi) is 6.81. The molecular weight excluding hydrogens is 400 g/mol. The molecule has 0 aliphatic carbocycles. The van der Waals surface area contributed by atoms with E-state index in [1.807, 2.05) is 60.7 Å². The molecule has 0 aromatic heterocycles. The van der Waals surface area contributed by atoms with Gasteiger partial charge in [-0.25, -0.2) is 0 Å². The summed E-state index contributed by atoms with van der Waals surface area (Å²) >= 11 is 0. The summed E-state index contributed by atoms with van der Waals surface area (Å²) in [4.78, 5) is 14.8. The van der Waals surface area contributed by atoms with E-state index in [1.54, 1.807) is 0 Å². The van der Waals surface area contributed by atoms with Crippen LogP contribution in [-0.4, -0.2) is 43.1 Å². The molecule has 2 fully saturated rings. The van der Waals surface area contributed by atoms with Gasteiger partial charge in [0, 0.05) is 17.4 Å². The standard InChI is InChI=1S/C22H24N4O5/c1-14(27)24-18-20(28-12-15-8-4-2-5-9-15)19-17(30-21(18)25-26-23)13-29-22(31-19)16-10-6-3-7-11-16/h2-11,17-22H,12-13H2,1H3,(H,24,27)/t17-,18?,19-,20?,21?,22?/m0/s1. The maximum atomic E-state index is 11.9. The van der Waals surface area contributed by atoms with Gasteiger partial charge in [0.2, 0.25) is 5.91 Å². The lowest BCUT2D eigenvalue weighted by Gasteiger charge is -2.48. The number of hydrogen-bond acceptors (Lipinski definition) is 6. The number of nitrogens with zero attached hydrogens (tertiary/aromatic N) is 3. The fourth-order valence-electron chi connectivity index (χ4n) is 3.87. The highest BCUT2D eigenvalue weighted by atomic mass is 16.7. The molecule has 31 heavy (non-hydrogen) atoms. The molecule has 0 radical (unpaired) electrons. The number of ether oxygens (including phenoxy) is 4.